The SMILES string of the molecule is CCCCCCCC(CC)C(N)(CC)C(=O)c1ccccc1. The van der Waals surface area contributed by atoms with Crippen LogP contribution >= 0.6 is 0 Å². The molecule has 1 rings (SSSR count). The van der Waals surface area contributed by atoms with Crippen LogP contribution in [0.1, 0.15) is 82.5 Å². The highest BCUT2D eigenvalue weighted by molar-refractivity contribution is 6.03. The van der Waals surface area contributed by atoms with Crippen LogP contribution in [0.4, 0.5) is 0 Å². The normalized spacial score (nSPS) is 15.3. The zero-order chi connectivity index (χ0) is 16.4. The Bertz CT molecular complexity index is 429. The van der Waals surface area contributed by atoms with Crippen LogP contribution in [-0.2, 0) is 0 Å². The molecule has 124 valence electrons. The van der Waals surface area contributed by atoms with Crippen molar-refractivity contribution in [2.24, 2.45) is 11.7 Å². The second kappa shape index (κ2) is 9.78. The Kier molecular flexibility index (Phi) is 8.40. The number of unbranched alkanes of at least 4 members (excludes halogenated alkanes) is 4. The molecule has 0 aromatic heterocycles. The summed E-state index contributed by atoms with van der Waals surface area (Å²) in [5, 5.41) is 0. The number of carbonyl (C=O) groups excluding carboxylic acids is 1. The van der Waals surface area contributed by atoms with E-state index in [-0.39, 0.29) is 11.7 Å². The number of nitrogens with two attached hydrogens (primary N) is 1. The van der Waals surface area contributed by atoms with Gasteiger partial charge in [0, 0.05) is 5.56 Å². The fourth-order valence-electron chi connectivity index (χ4n) is 3.31. The number of Topliss-reactive ketones (excluding diaryl/α,β-unsaturated/α-hetero) is 1. The minimum atomic E-state index is -0.721. The monoisotopic (exact) mass is 303 g/mol. The Morgan fingerprint density at radius 3 is 2.23 bits per heavy atom. The highest BCUT2D eigenvalue weighted by atomic mass is 16.1. The van der Waals surface area contributed by atoms with Crippen LogP contribution in [0.25, 0.3) is 0 Å². The molecule has 0 saturated carbocycles. The van der Waals surface area contributed by atoms with Crippen LogP contribution in [0.5, 0.6) is 0 Å². The molecule has 0 amide bonds. The molecule has 1 aromatic carbocycles. The van der Waals surface area contributed by atoms with Gasteiger partial charge in [-0.3, -0.25) is 4.79 Å². The summed E-state index contributed by atoms with van der Waals surface area (Å²) in [4.78, 5) is 12.9. The standard InChI is InChI=1S/C20H33NO/c1-4-7-8-9-13-16-18(5-2)20(21,6-3)19(22)17-14-11-10-12-15-17/h10-12,14-15,18H,4-9,13,16,21H2,1-3H3. The van der Waals surface area contributed by atoms with E-state index in [9.17, 15) is 4.79 Å². The van der Waals surface area contributed by atoms with Gasteiger partial charge in [-0.2, -0.15) is 0 Å². The van der Waals surface area contributed by atoms with Gasteiger partial charge in [-0.15, -0.1) is 0 Å². The van der Waals surface area contributed by atoms with Crippen LogP contribution in [0, 0.1) is 5.92 Å². The fraction of sp³-hybridized carbons (Fsp3) is 0.650. The highest BCUT2D eigenvalue weighted by Crippen LogP contribution is 2.30. The number of hydrogen-bond donors (Lipinski definition) is 1. The summed E-state index contributed by atoms with van der Waals surface area (Å²) in [5.74, 6) is 0.378. The van der Waals surface area contributed by atoms with Crippen molar-refractivity contribution in [2.45, 2.75) is 77.7 Å². The number of ketones is 1. The Hall–Kier alpha value is -1.15. The third-order valence-corrected chi connectivity index (χ3v) is 4.92. The molecule has 2 heteroatoms. The van der Waals surface area contributed by atoms with Gasteiger partial charge in [0.05, 0.1) is 5.54 Å². The van der Waals surface area contributed by atoms with E-state index in [1.54, 1.807) is 0 Å². The fourth-order valence-corrected chi connectivity index (χ4v) is 3.31. The summed E-state index contributed by atoms with van der Waals surface area (Å²) >= 11 is 0. The summed E-state index contributed by atoms with van der Waals surface area (Å²) in [7, 11) is 0. The van der Waals surface area contributed by atoms with Crippen LogP contribution in [0.2, 0.25) is 0 Å². The lowest BCUT2D eigenvalue weighted by atomic mass is 9.73. The van der Waals surface area contributed by atoms with Gasteiger partial charge in [0.15, 0.2) is 5.78 Å². The van der Waals surface area contributed by atoms with Crippen molar-refractivity contribution in [3.63, 3.8) is 0 Å². The second-order valence-corrected chi connectivity index (χ2v) is 6.40. The maximum Gasteiger partial charge on any atom is 0.182 e. The number of rotatable bonds is 11. The highest BCUT2D eigenvalue weighted by Gasteiger charge is 2.39. The van der Waals surface area contributed by atoms with Gasteiger partial charge < -0.3 is 5.73 Å². The first-order chi connectivity index (χ1) is 10.6. The molecule has 0 aliphatic heterocycles. The van der Waals surface area contributed by atoms with Gasteiger partial charge >= 0.3 is 0 Å². The van der Waals surface area contributed by atoms with Gasteiger partial charge in [-0.05, 0) is 18.8 Å². The summed E-state index contributed by atoms with van der Waals surface area (Å²) < 4.78 is 0. The third kappa shape index (κ3) is 4.95. The lowest BCUT2D eigenvalue weighted by Gasteiger charge is -2.35. The lowest BCUT2D eigenvalue weighted by Crippen LogP contribution is -2.53. The molecule has 0 fully saturated rings. The van der Waals surface area contributed by atoms with E-state index in [1.807, 2.05) is 37.3 Å². The Balaban J connectivity index is 2.73. The van der Waals surface area contributed by atoms with Crippen molar-refractivity contribution in [3.05, 3.63) is 35.9 Å². The first-order valence-corrected chi connectivity index (χ1v) is 8.98. The molecule has 2 atom stereocenters. The Morgan fingerprint density at radius 1 is 1.05 bits per heavy atom. The predicted molar refractivity (Wildman–Crippen MR) is 95.1 cm³/mol. The molecule has 22 heavy (non-hydrogen) atoms. The van der Waals surface area contributed by atoms with Gasteiger partial charge in [0.2, 0.25) is 0 Å². The Labute approximate surface area is 136 Å². The molecule has 2 N–H and O–H groups in total. The number of carbonyl (C=O) groups is 1. The second-order valence-electron chi connectivity index (χ2n) is 6.40. The average Bonchev–Trinajstić information content (AvgIpc) is 2.57. The molecular weight excluding hydrogens is 270 g/mol. The van der Waals surface area contributed by atoms with Crippen LogP contribution in [0.3, 0.4) is 0 Å². The van der Waals surface area contributed by atoms with Gasteiger partial charge in [0.1, 0.15) is 0 Å². The third-order valence-electron chi connectivity index (χ3n) is 4.92. The lowest BCUT2D eigenvalue weighted by molar-refractivity contribution is 0.0802. The van der Waals surface area contributed by atoms with Crippen molar-refractivity contribution in [3.8, 4) is 0 Å². The predicted octanol–water partition coefficient (Wildman–Crippen LogP) is 5.36. The van der Waals surface area contributed by atoms with Crippen molar-refractivity contribution in [1.82, 2.24) is 0 Å². The van der Waals surface area contributed by atoms with E-state index in [4.69, 9.17) is 5.73 Å². The van der Waals surface area contributed by atoms with Crippen molar-refractivity contribution in [1.29, 1.82) is 0 Å². The maximum absolute atomic E-state index is 12.9. The van der Waals surface area contributed by atoms with E-state index in [0.29, 0.717) is 6.42 Å². The molecule has 2 unspecified atom stereocenters. The van der Waals surface area contributed by atoms with Gasteiger partial charge in [0.25, 0.3) is 0 Å². The summed E-state index contributed by atoms with van der Waals surface area (Å²) in [6.07, 6.45) is 9.03. The molecule has 1 aromatic rings. The molecule has 0 radical (unpaired) electrons. The molecule has 2 nitrogen and oxygen atoms in total. The van der Waals surface area contributed by atoms with Crippen LogP contribution in [0.15, 0.2) is 30.3 Å². The first kappa shape index (κ1) is 18.9. The van der Waals surface area contributed by atoms with Gasteiger partial charge in [-0.25, -0.2) is 0 Å². The first-order valence-electron chi connectivity index (χ1n) is 8.98. The van der Waals surface area contributed by atoms with E-state index < -0.39 is 5.54 Å². The molecule has 0 heterocycles. The van der Waals surface area contributed by atoms with Crippen LogP contribution in [-0.4, -0.2) is 11.3 Å². The Morgan fingerprint density at radius 2 is 1.68 bits per heavy atom. The van der Waals surface area contributed by atoms with Crippen molar-refractivity contribution in [2.75, 3.05) is 0 Å². The maximum atomic E-state index is 12.9. The van der Waals surface area contributed by atoms with Crippen molar-refractivity contribution >= 4 is 5.78 Å². The smallest absolute Gasteiger partial charge is 0.182 e. The minimum Gasteiger partial charge on any atom is -0.318 e. The van der Waals surface area contributed by atoms with Gasteiger partial charge in [-0.1, -0.05) is 89.6 Å². The molecule has 0 spiro atoms. The zero-order valence-corrected chi connectivity index (χ0v) is 14.6. The number of hydrogen-bond acceptors (Lipinski definition) is 2. The summed E-state index contributed by atoms with van der Waals surface area (Å²) in [6.45, 7) is 6.43. The molecule has 0 aliphatic rings. The molecular formula is C20H33NO. The van der Waals surface area contributed by atoms with E-state index in [0.717, 1.165) is 18.4 Å². The average molecular weight is 303 g/mol. The van der Waals surface area contributed by atoms with E-state index >= 15 is 0 Å². The van der Waals surface area contributed by atoms with E-state index in [2.05, 4.69) is 13.8 Å². The molecule has 0 aliphatic carbocycles. The largest absolute Gasteiger partial charge is 0.318 e. The van der Waals surface area contributed by atoms with E-state index in [1.165, 1.54) is 32.1 Å². The van der Waals surface area contributed by atoms with Crippen LogP contribution < -0.4 is 5.73 Å². The zero-order valence-electron chi connectivity index (χ0n) is 14.6. The summed E-state index contributed by atoms with van der Waals surface area (Å²) in [6, 6.07) is 9.52. The number of benzene rings is 1. The summed E-state index contributed by atoms with van der Waals surface area (Å²) in [5.41, 5.74) is 6.64. The molecule has 0 saturated heterocycles. The molecule has 0 bridgehead atoms. The minimum absolute atomic E-state index is 0.107. The topological polar surface area (TPSA) is 43.1 Å². The van der Waals surface area contributed by atoms with Crippen molar-refractivity contribution < 1.29 is 4.79 Å². The quantitative estimate of drug-likeness (QED) is 0.441.